The zero-order chi connectivity index (χ0) is 16.8. The normalized spacial score (nSPS) is 20.6. The number of rotatable bonds is 4. The van der Waals surface area contributed by atoms with E-state index in [9.17, 15) is 0 Å². The Bertz CT molecular complexity index is 970. The van der Waals surface area contributed by atoms with Crippen LogP contribution in [0.25, 0.3) is 11.8 Å². The maximum Gasteiger partial charge on any atom is 0.153 e. The molecule has 0 radical (unpaired) electrons. The molecule has 2 aromatic heterocycles. The molecule has 2 aliphatic heterocycles. The number of nitrogens with one attached hydrogen (secondary N) is 1. The molecule has 5 rings (SSSR count). The van der Waals surface area contributed by atoms with E-state index in [1.807, 2.05) is 24.8 Å². The third-order valence-corrected chi connectivity index (χ3v) is 5.30. The molecule has 1 N–H and O–H groups in total. The molecule has 1 saturated carbocycles. The van der Waals surface area contributed by atoms with E-state index >= 15 is 0 Å². The predicted octanol–water partition coefficient (Wildman–Crippen LogP) is 4.40. The van der Waals surface area contributed by atoms with Crippen molar-refractivity contribution in [2.45, 2.75) is 26.2 Å². The van der Waals surface area contributed by atoms with Gasteiger partial charge in [-0.05, 0) is 36.0 Å². The van der Waals surface area contributed by atoms with Gasteiger partial charge in [0.25, 0.3) is 0 Å². The Balaban J connectivity index is 0.00000168. The van der Waals surface area contributed by atoms with Crippen LogP contribution < -0.4 is 5.32 Å². The Morgan fingerprint density at radius 2 is 2.19 bits per heavy atom. The highest BCUT2D eigenvalue weighted by atomic mass is 32.1. The minimum absolute atomic E-state index is 0. The summed E-state index contributed by atoms with van der Waals surface area (Å²) >= 11 is 1.49. The number of hydrogen-bond donors (Lipinski definition) is 1. The topological polar surface area (TPSA) is 67.5 Å². The molecule has 0 aromatic carbocycles. The number of nitrogens with zero attached hydrogens (tertiary/aromatic N) is 5. The summed E-state index contributed by atoms with van der Waals surface area (Å²) in [6, 6.07) is 2.14. The quantitative estimate of drug-likeness (QED) is 0.874. The first-order valence-electron chi connectivity index (χ1n) is 8.25. The number of hydrogen-bond acceptors (Lipinski definition) is 6. The van der Waals surface area contributed by atoms with Gasteiger partial charge in [0.15, 0.2) is 5.84 Å². The number of anilines is 1. The fourth-order valence-electron chi connectivity index (χ4n) is 3.09. The van der Waals surface area contributed by atoms with Crippen LogP contribution in [0.5, 0.6) is 0 Å². The van der Waals surface area contributed by atoms with E-state index < -0.39 is 0 Å². The molecular weight excluding hydrogens is 344 g/mol. The third-order valence-electron chi connectivity index (χ3n) is 4.58. The molecule has 1 atom stereocenters. The van der Waals surface area contributed by atoms with Crippen molar-refractivity contribution in [3.63, 3.8) is 0 Å². The van der Waals surface area contributed by atoms with Crippen molar-refractivity contribution in [3.05, 3.63) is 54.8 Å². The van der Waals surface area contributed by atoms with E-state index in [0.29, 0.717) is 5.92 Å². The summed E-state index contributed by atoms with van der Waals surface area (Å²) in [5, 5.41) is 8.68. The maximum absolute atomic E-state index is 4.61. The first-order chi connectivity index (χ1) is 12.3. The minimum atomic E-state index is 0. The van der Waals surface area contributed by atoms with Gasteiger partial charge >= 0.3 is 0 Å². The maximum atomic E-state index is 4.61. The molecule has 6 nitrogen and oxygen atoms in total. The zero-order valence-corrected chi connectivity index (χ0v) is 14.3. The fraction of sp³-hybridized carbons (Fsp3) is 0.263. The van der Waals surface area contributed by atoms with Gasteiger partial charge in [0.05, 0.1) is 23.5 Å². The number of allylic oxidation sites excluding steroid dienone is 2. The zero-order valence-electron chi connectivity index (χ0n) is 13.5. The monoisotopic (exact) mass is 364 g/mol. The molecule has 1 unspecified atom stereocenters. The van der Waals surface area contributed by atoms with Crippen LogP contribution in [0.2, 0.25) is 0 Å². The van der Waals surface area contributed by atoms with E-state index in [-0.39, 0.29) is 13.3 Å². The predicted molar refractivity (Wildman–Crippen MR) is 109 cm³/mol. The lowest BCUT2D eigenvalue weighted by Gasteiger charge is -2.18. The van der Waals surface area contributed by atoms with Gasteiger partial charge in [-0.3, -0.25) is 4.99 Å². The van der Waals surface area contributed by atoms with Crippen LogP contribution in [0.4, 0.5) is 5.00 Å². The molecule has 2 aromatic rings. The second-order valence-corrected chi connectivity index (χ2v) is 7.11. The number of aromatic nitrogens is 3. The van der Waals surface area contributed by atoms with E-state index in [0.717, 1.165) is 27.7 Å². The van der Waals surface area contributed by atoms with Gasteiger partial charge in [-0.15, -0.1) is 0 Å². The largest absolute Gasteiger partial charge is 0.329 e. The van der Waals surface area contributed by atoms with Gasteiger partial charge in [0.1, 0.15) is 5.00 Å². The molecule has 0 bridgehead atoms. The van der Waals surface area contributed by atoms with Crippen LogP contribution in [-0.4, -0.2) is 25.7 Å². The SMILES string of the molecule is C.C=Cn1cc(C2=CN=C3C(Nc4cc(C5CC5)ns4)=NC=CC23)cn1. The molecule has 0 spiro atoms. The van der Waals surface area contributed by atoms with Crippen LogP contribution in [0, 0.1) is 5.92 Å². The van der Waals surface area contributed by atoms with Crippen LogP contribution in [0.1, 0.15) is 37.4 Å². The summed E-state index contributed by atoms with van der Waals surface area (Å²) in [5.41, 5.74) is 4.30. The van der Waals surface area contributed by atoms with Gasteiger partial charge in [-0.2, -0.15) is 9.47 Å². The summed E-state index contributed by atoms with van der Waals surface area (Å²) in [6.45, 7) is 3.73. The Labute approximate surface area is 156 Å². The van der Waals surface area contributed by atoms with Crippen molar-refractivity contribution in [1.29, 1.82) is 0 Å². The van der Waals surface area contributed by atoms with Crippen molar-refractivity contribution >= 4 is 39.9 Å². The lowest BCUT2D eigenvalue weighted by atomic mass is 9.91. The Kier molecular flexibility index (Phi) is 4.16. The van der Waals surface area contributed by atoms with E-state index in [1.165, 1.54) is 30.1 Å². The van der Waals surface area contributed by atoms with Gasteiger partial charge in [0, 0.05) is 36.3 Å². The van der Waals surface area contributed by atoms with E-state index in [1.54, 1.807) is 10.9 Å². The molecule has 0 saturated heterocycles. The Morgan fingerprint density at radius 3 is 2.96 bits per heavy atom. The first-order valence-corrected chi connectivity index (χ1v) is 9.02. The van der Waals surface area contributed by atoms with Gasteiger partial charge in [0.2, 0.25) is 0 Å². The highest BCUT2D eigenvalue weighted by Crippen LogP contribution is 2.41. The van der Waals surface area contributed by atoms with Crippen LogP contribution in [-0.2, 0) is 0 Å². The highest BCUT2D eigenvalue weighted by molar-refractivity contribution is 7.10. The molecule has 0 amide bonds. The second-order valence-electron chi connectivity index (χ2n) is 6.30. The molecule has 4 heterocycles. The van der Waals surface area contributed by atoms with Crippen molar-refractivity contribution in [2.24, 2.45) is 15.9 Å². The van der Waals surface area contributed by atoms with Gasteiger partial charge in [-0.25, -0.2) is 9.67 Å². The number of aliphatic imine (C=N–C) groups is 2. The summed E-state index contributed by atoms with van der Waals surface area (Å²) < 4.78 is 6.24. The van der Waals surface area contributed by atoms with E-state index in [4.69, 9.17) is 0 Å². The lowest BCUT2D eigenvalue weighted by molar-refractivity contribution is 0.937. The van der Waals surface area contributed by atoms with Crippen molar-refractivity contribution < 1.29 is 0 Å². The van der Waals surface area contributed by atoms with Gasteiger partial charge < -0.3 is 5.32 Å². The molecule has 132 valence electrons. The minimum Gasteiger partial charge on any atom is -0.329 e. The van der Waals surface area contributed by atoms with Crippen molar-refractivity contribution in [1.82, 2.24) is 14.2 Å². The average molecular weight is 364 g/mol. The third kappa shape index (κ3) is 2.84. The van der Waals surface area contributed by atoms with Crippen LogP contribution >= 0.6 is 11.5 Å². The fourth-order valence-corrected chi connectivity index (χ4v) is 3.81. The first kappa shape index (κ1) is 16.7. The Morgan fingerprint density at radius 1 is 1.31 bits per heavy atom. The highest BCUT2D eigenvalue weighted by Gasteiger charge is 2.31. The Hall–Kier alpha value is -2.80. The standard InChI is InChI=1S/C18H16N6S.CH4/c1-2-24-10-12(8-21-24)14-9-20-17-13(14)5-6-19-18(17)22-16-7-15(23-25-16)11-3-4-11;/h2,5-11,13H,1,3-4H2,(H,19,22);1H4. The molecule has 1 fully saturated rings. The van der Waals surface area contributed by atoms with Crippen molar-refractivity contribution in [3.8, 4) is 0 Å². The molecule has 26 heavy (non-hydrogen) atoms. The average Bonchev–Trinajstić information content (AvgIpc) is 3.04. The van der Waals surface area contributed by atoms with Gasteiger partial charge in [-0.1, -0.05) is 20.1 Å². The number of amidine groups is 1. The molecule has 7 heteroatoms. The summed E-state index contributed by atoms with van der Waals surface area (Å²) in [6.07, 6.45) is 13.8. The summed E-state index contributed by atoms with van der Waals surface area (Å²) in [4.78, 5) is 9.10. The summed E-state index contributed by atoms with van der Waals surface area (Å²) in [5.74, 6) is 1.55. The second kappa shape index (κ2) is 6.49. The van der Waals surface area contributed by atoms with E-state index in [2.05, 4.69) is 43.5 Å². The summed E-state index contributed by atoms with van der Waals surface area (Å²) in [7, 11) is 0. The molecule has 1 aliphatic carbocycles. The number of fused-ring (bicyclic) bond motifs is 1. The van der Waals surface area contributed by atoms with Crippen LogP contribution in [0.3, 0.4) is 0 Å². The lowest BCUT2D eigenvalue weighted by Crippen LogP contribution is -2.29. The molecule has 3 aliphatic rings. The van der Waals surface area contributed by atoms with Crippen LogP contribution in [0.15, 0.2) is 53.5 Å². The molecular formula is C19H20N6S. The smallest absolute Gasteiger partial charge is 0.153 e. The van der Waals surface area contributed by atoms with Crippen molar-refractivity contribution in [2.75, 3.05) is 5.32 Å².